The number of nitrogens with two attached hydrogens (primary N) is 1. The van der Waals surface area contributed by atoms with E-state index in [4.69, 9.17) is 17.3 Å². The molecule has 2 amide bonds. The summed E-state index contributed by atoms with van der Waals surface area (Å²) in [5.41, 5.74) is 6.70. The molecule has 0 aliphatic rings. The first kappa shape index (κ1) is 11.7. The summed E-state index contributed by atoms with van der Waals surface area (Å²) < 4.78 is 0. The molecule has 0 bridgehead atoms. The van der Waals surface area contributed by atoms with Gasteiger partial charge in [0.25, 0.3) is 0 Å². The fraction of sp³-hybridized carbons (Fsp3) is 0.300. The van der Waals surface area contributed by atoms with Crippen molar-refractivity contribution in [3.8, 4) is 0 Å². The molecular formula is C10H14ClN3O. The Bertz CT molecular complexity index is 368. The fourth-order valence-electron chi connectivity index (χ4n) is 0.984. The van der Waals surface area contributed by atoms with Gasteiger partial charge in [0.1, 0.15) is 0 Å². The van der Waals surface area contributed by atoms with E-state index in [1.165, 1.54) is 0 Å². The zero-order valence-electron chi connectivity index (χ0n) is 8.75. The van der Waals surface area contributed by atoms with Crippen molar-refractivity contribution in [1.82, 2.24) is 4.90 Å². The highest BCUT2D eigenvalue weighted by atomic mass is 35.5. The van der Waals surface area contributed by atoms with Crippen molar-refractivity contribution in [2.45, 2.75) is 6.92 Å². The van der Waals surface area contributed by atoms with Crippen molar-refractivity contribution in [2.24, 2.45) is 0 Å². The molecule has 0 aliphatic heterocycles. The zero-order chi connectivity index (χ0) is 11.4. The predicted octanol–water partition coefficient (Wildman–Crippen LogP) is 2.41. The molecule has 0 saturated carbocycles. The largest absolute Gasteiger partial charge is 0.397 e. The Balaban J connectivity index is 2.73. The Morgan fingerprint density at radius 3 is 2.80 bits per heavy atom. The Hall–Kier alpha value is -1.42. The van der Waals surface area contributed by atoms with Crippen LogP contribution in [0.1, 0.15) is 6.92 Å². The van der Waals surface area contributed by atoms with Crippen LogP contribution in [-0.4, -0.2) is 24.5 Å². The van der Waals surface area contributed by atoms with E-state index < -0.39 is 0 Å². The third-order valence-electron chi connectivity index (χ3n) is 2.07. The summed E-state index contributed by atoms with van der Waals surface area (Å²) in [6, 6.07) is 4.82. The van der Waals surface area contributed by atoms with E-state index in [2.05, 4.69) is 5.32 Å². The van der Waals surface area contributed by atoms with Crippen LogP contribution in [0.2, 0.25) is 5.02 Å². The molecule has 0 saturated heterocycles. The predicted molar refractivity (Wildman–Crippen MR) is 63.2 cm³/mol. The number of nitrogens with zero attached hydrogens (tertiary/aromatic N) is 1. The quantitative estimate of drug-likeness (QED) is 0.763. The minimum absolute atomic E-state index is 0.167. The van der Waals surface area contributed by atoms with Gasteiger partial charge in [0, 0.05) is 19.3 Å². The van der Waals surface area contributed by atoms with Crippen LogP contribution in [0.15, 0.2) is 18.2 Å². The molecular weight excluding hydrogens is 214 g/mol. The summed E-state index contributed by atoms with van der Waals surface area (Å²) >= 11 is 5.76. The molecule has 1 aromatic rings. The zero-order valence-corrected chi connectivity index (χ0v) is 9.51. The number of urea groups is 1. The molecule has 15 heavy (non-hydrogen) atoms. The minimum Gasteiger partial charge on any atom is -0.397 e. The summed E-state index contributed by atoms with van der Waals surface area (Å²) in [5, 5.41) is 3.19. The summed E-state index contributed by atoms with van der Waals surface area (Å²) in [5.74, 6) is 0. The van der Waals surface area contributed by atoms with Crippen LogP contribution in [-0.2, 0) is 0 Å². The van der Waals surface area contributed by atoms with Crippen molar-refractivity contribution >= 4 is 29.0 Å². The van der Waals surface area contributed by atoms with Gasteiger partial charge in [0.05, 0.1) is 10.7 Å². The number of nitrogens with one attached hydrogen (secondary N) is 1. The number of hydrogen-bond donors (Lipinski definition) is 2. The summed E-state index contributed by atoms with van der Waals surface area (Å²) in [6.07, 6.45) is 0. The molecule has 4 nitrogen and oxygen atoms in total. The number of carbonyl (C=O) groups excluding carboxylic acids is 1. The first-order chi connectivity index (χ1) is 7.04. The van der Waals surface area contributed by atoms with E-state index in [0.29, 0.717) is 22.9 Å². The van der Waals surface area contributed by atoms with Crippen LogP contribution in [0.3, 0.4) is 0 Å². The molecule has 0 aliphatic carbocycles. The molecule has 5 heteroatoms. The molecule has 0 atom stereocenters. The van der Waals surface area contributed by atoms with Crippen LogP contribution in [0.5, 0.6) is 0 Å². The van der Waals surface area contributed by atoms with E-state index in [1.807, 2.05) is 6.92 Å². The Kier molecular flexibility index (Phi) is 3.80. The van der Waals surface area contributed by atoms with Gasteiger partial charge < -0.3 is 16.0 Å². The van der Waals surface area contributed by atoms with Crippen LogP contribution in [0, 0.1) is 0 Å². The lowest BCUT2D eigenvalue weighted by Crippen LogP contribution is -2.30. The number of carbonyl (C=O) groups is 1. The maximum Gasteiger partial charge on any atom is 0.321 e. The van der Waals surface area contributed by atoms with Crippen LogP contribution < -0.4 is 11.1 Å². The lowest BCUT2D eigenvalue weighted by atomic mass is 10.3. The van der Waals surface area contributed by atoms with Crippen molar-refractivity contribution in [2.75, 3.05) is 24.6 Å². The molecule has 1 rings (SSSR count). The molecule has 3 N–H and O–H groups in total. The van der Waals surface area contributed by atoms with Gasteiger partial charge in [0.15, 0.2) is 0 Å². The van der Waals surface area contributed by atoms with Gasteiger partial charge in [-0.3, -0.25) is 0 Å². The third kappa shape index (κ3) is 3.02. The second kappa shape index (κ2) is 4.89. The topological polar surface area (TPSA) is 58.4 Å². The number of benzene rings is 1. The molecule has 1 aromatic carbocycles. The van der Waals surface area contributed by atoms with Gasteiger partial charge in [-0.05, 0) is 25.1 Å². The molecule has 82 valence electrons. The standard InChI is InChI=1S/C10H14ClN3O/c1-3-14(2)10(15)13-7-4-5-8(11)9(12)6-7/h4-6H,3,12H2,1-2H3,(H,13,15). The smallest absolute Gasteiger partial charge is 0.321 e. The molecule has 0 spiro atoms. The molecule has 0 radical (unpaired) electrons. The molecule has 0 heterocycles. The summed E-state index contributed by atoms with van der Waals surface area (Å²) in [6.45, 7) is 2.55. The third-order valence-corrected chi connectivity index (χ3v) is 2.41. The number of anilines is 2. The maximum absolute atomic E-state index is 11.5. The molecule has 0 unspecified atom stereocenters. The van der Waals surface area contributed by atoms with Crippen LogP contribution >= 0.6 is 11.6 Å². The van der Waals surface area contributed by atoms with E-state index in [1.54, 1.807) is 30.1 Å². The number of nitrogen functional groups attached to an aromatic ring is 1. The highest BCUT2D eigenvalue weighted by molar-refractivity contribution is 6.33. The van der Waals surface area contributed by atoms with Crippen molar-refractivity contribution in [3.05, 3.63) is 23.2 Å². The Morgan fingerprint density at radius 2 is 2.27 bits per heavy atom. The second-order valence-electron chi connectivity index (χ2n) is 3.18. The van der Waals surface area contributed by atoms with E-state index >= 15 is 0 Å². The monoisotopic (exact) mass is 227 g/mol. The van der Waals surface area contributed by atoms with Gasteiger partial charge in [-0.25, -0.2) is 4.79 Å². The van der Waals surface area contributed by atoms with Crippen LogP contribution in [0.25, 0.3) is 0 Å². The first-order valence-corrected chi connectivity index (χ1v) is 4.99. The lowest BCUT2D eigenvalue weighted by molar-refractivity contribution is 0.224. The normalized spacial score (nSPS) is 9.80. The lowest BCUT2D eigenvalue weighted by Gasteiger charge is -2.15. The summed E-state index contributed by atoms with van der Waals surface area (Å²) in [4.78, 5) is 13.0. The van der Waals surface area contributed by atoms with Crippen molar-refractivity contribution in [3.63, 3.8) is 0 Å². The number of amides is 2. The second-order valence-corrected chi connectivity index (χ2v) is 3.59. The van der Waals surface area contributed by atoms with Crippen LogP contribution in [0.4, 0.5) is 16.2 Å². The average molecular weight is 228 g/mol. The average Bonchev–Trinajstić information content (AvgIpc) is 2.22. The van der Waals surface area contributed by atoms with Gasteiger partial charge in [-0.15, -0.1) is 0 Å². The summed E-state index contributed by atoms with van der Waals surface area (Å²) in [7, 11) is 1.72. The SMILES string of the molecule is CCN(C)C(=O)Nc1ccc(Cl)c(N)c1. The van der Waals surface area contributed by atoms with E-state index in [-0.39, 0.29) is 6.03 Å². The Labute approximate surface area is 94.0 Å². The van der Waals surface area contributed by atoms with Gasteiger partial charge >= 0.3 is 6.03 Å². The maximum atomic E-state index is 11.5. The highest BCUT2D eigenvalue weighted by Crippen LogP contribution is 2.22. The van der Waals surface area contributed by atoms with Gasteiger partial charge in [-0.2, -0.15) is 0 Å². The van der Waals surface area contributed by atoms with Crippen molar-refractivity contribution in [1.29, 1.82) is 0 Å². The number of rotatable bonds is 2. The minimum atomic E-state index is -0.167. The fourth-order valence-corrected chi connectivity index (χ4v) is 1.10. The number of hydrogen-bond acceptors (Lipinski definition) is 2. The molecule has 0 fully saturated rings. The van der Waals surface area contributed by atoms with Crippen molar-refractivity contribution < 1.29 is 4.79 Å². The number of halogens is 1. The first-order valence-electron chi connectivity index (χ1n) is 4.61. The van der Waals surface area contributed by atoms with E-state index in [9.17, 15) is 4.79 Å². The molecule has 0 aromatic heterocycles. The van der Waals surface area contributed by atoms with E-state index in [0.717, 1.165) is 0 Å². The van der Waals surface area contributed by atoms with Gasteiger partial charge in [-0.1, -0.05) is 11.6 Å². The Morgan fingerprint density at radius 1 is 1.60 bits per heavy atom. The van der Waals surface area contributed by atoms with Gasteiger partial charge in [0.2, 0.25) is 0 Å². The highest BCUT2D eigenvalue weighted by Gasteiger charge is 2.06.